The molecule has 14 rings (SSSR count). The Hall–Kier alpha value is -9.06. The third-order valence-corrected chi connectivity index (χ3v) is 14.1. The molecule has 13 aromatic rings. The third-order valence-electron chi connectivity index (χ3n) is 14.1. The minimum atomic E-state index is 0.834. The molecule has 0 bridgehead atoms. The second kappa shape index (κ2) is 15.8. The molecule has 5 heteroatoms. The van der Waals surface area contributed by atoms with E-state index >= 15 is 0 Å². The average Bonchev–Trinajstić information content (AvgIpc) is 4.07. The summed E-state index contributed by atoms with van der Waals surface area (Å²) in [5.41, 5.74) is 17.1. The van der Waals surface area contributed by atoms with E-state index in [2.05, 4.69) is 250 Å². The maximum atomic E-state index is 6.26. The van der Waals surface area contributed by atoms with E-state index in [0.29, 0.717) is 0 Å². The molecule has 69 heavy (non-hydrogen) atoms. The summed E-state index contributed by atoms with van der Waals surface area (Å²) in [4.78, 5) is 11.7. The second-order valence-electron chi connectivity index (χ2n) is 18.0. The van der Waals surface area contributed by atoms with E-state index in [1.165, 1.54) is 38.2 Å². The van der Waals surface area contributed by atoms with Crippen LogP contribution in [0.15, 0.2) is 231 Å². The Kier molecular flexibility index (Phi) is 8.96. The Morgan fingerprint density at radius 2 is 0.739 bits per heavy atom. The average molecular weight is 882 g/mol. The van der Waals surface area contributed by atoms with Gasteiger partial charge in [-0.15, -0.1) is 0 Å². The highest BCUT2D eigenvalue weighted by Gasteiger charge is 2.32. The lowest BCUT2D eigenvalue weighted by Crippen LogP contribution is -2.14. The zero-order valence-electron chi connectivity index (χ0n) is 37.7. The first kappa shape index (κ1) is 39.1. The summed E-state index contributed by atoms with van der Waals surface area (Å²) in [5, 5.41) is 5.96. The summed E-state index contributed by atoms with van der Waals surface area (Å²) in [6, 6.07) is 80.9. The topological polar surface area (TPSA) is 40.6 Å². The molecule has 0 spiro atoms. The van der Waals surface area contributed by atoms with E-state index in [-0.39, 0.29) is 0 Å². The fraction of sp³-hybridized carbons (Fsp3) is 0.0312. The smallest absolute Gasteiger partial charge is 0.165 e. The van der Waals surface area contributed by atoms with Gasteiger partial charge in [-0.25, -0.2) is 9.97 Å². The fourth-order valence-corrected chi connectivity index (χ4v) is 11.2. The van der Waals surface area contributed by atoms with E-state index < -0.39 is 0 Å². The van der Waals surface area contributed by atoms with E-state index in [1.807, 2.05) is 0 Å². The van der Waals surface area contributed by atoms with Gasteiger partial charge in [0, 0.05) is 54.9 Å². The summed E-state index contributed by atoms with van der Waals surface area (Å²) in [7, 11) is 0. The molecule has 324 valence electrons. The highest BCUT2D eigenvalue weighted by molar-refractivity contribution is 6.12. The molecule has 0 radical (unpaired) electrons. The van der Waals surface area contributed by atoms with Crippen LogP contribution in [0.1, 0.15) is 17.7 Å². The first-order chi connectivity index (χ1) is 34.3. The molecular weight excluding hydrogens is 839 g/mol. The third kappa shape index (κ3) is 6.10. The van der Waals surface area contributed by atoms with Crippen molar-refractivity contribution in [2.45, 2.75) is 12.8 Å². The van der Waals surface area contributed by atoms with Crippen molar-refractivity contribution in [2.75, 3.05) is 0 Å². The quantitative estimate of drug-likeness (QED) is 0.160. The number of nitrogens with zero attached hydrogens (tertiary/aromatic N) is 5. The molecule has 0 saturated carbocycles. The summed E-state index contributed by atoms with van der Waals surface area (Å²) in [5.74, 6) is 1.68. The Morgan fingerprint density at radius 3 is 1.23 bits per heavy atom. The predicted octanol–water partition coefficient (Wildman–Crippen LogP) is 16.2. The van der Waals surface area contributed by atoms with Gasteiger partial charge in [-0.2, -0.15) is 0 Å². The molecule has 1 aliphatic rings. The number of hydrogen-bond acceptors (Lipinski definition) is 2. The number of rotatable bonds is 7. The SMILES string of the molecule is C1=Cc2c(c3ccccc3n2-c2c(-n3c4ccccc4c4ccccc43)nc(-n3c4ccccc4c4ccccc43)c(-c3ccccc3)c2-c2cc(-c3ccccc3)nc(-c3ccccc3)c2)CC1. The molecule has 5 heterocycles. The molecule has 5 aromatic heterocycles. The zero-order chi connectivity index (χ0) is 45.4. The fourth-order valence-electron chi connectivity index (χ4n) is 11.2. The van der Waals surface area contributed by atoms with Gasteiger partial charge in [-0.05, 0) is 78.1 Å². The molecule has 0 fully saturated rings. The van der Waals surface area contributed by atoms with Gasteiger partial charge in [-0.1, -0.05) is 188 Å². The number of aromatic nitrogens is 5. The number of para-hydroxylation sites is 5. The second-order valence-corrected chi connectivity index (χ2v) is 18.0. The van der Waals surface area contributed by atoms with Gasteiger partial charge in [0.25, 0.3) is 0 Å². The minimum Gasteiger partial charge on any atom is -0.306 e. The number of pyridine rings is 2. The van der Waals surface area contributed by atoms with Gasteiger partial charge in [0.2, 0.25) is 0 Å². The van der Waals surface area contributed by atoms with E-state index in [9.17, 15) is 0 Å². The van der Waals surface area contributed by atoms with Crippen LogP contribution in [0.5, 0.6) is 0 Å². The van der Waals surface area contributed by atoms with Gasteiger partial charge in [0.05, 0.1) is 44.7 Å². The number of hydrogen-bond donors (Lipinski definition) is 0. The molecule has 0 N–H and O–H groups in total. The van der Waals surface area contributed by atoms with Crippen LogP contribution in [0.3, 0.4) is 0 Å². The summed E-state index contributed by atoms with van der Waals surface area (Å²) in [6.45, 7) is 0. The molecule has 0 amide bonds. The van der Waals surface area contributed by atoms with Gasteiger partial charge < -0.3 is 4.57 Å². The Labute approximate surface area is 399 Å². The first-order valence-corrected chi connectivity index (χ1v) is 23.8. The highest BCUT2D eigenvalue weighted by Crippen LogP contribution is 2.49. The summed E-state index contributed by atoms with van der Waals surface area (Å²) < 4.78 is 7.38. The zero-order valence-corrected chi connectivity index (χ0v) is 37.7. The van der Waals surface area contributed by atoms with Gasteiger partial charge >= 0.3 is 0 Å². The Morgan fingerprint density at radius 1 is 0.333 bits per heavy atom. The molecular formula is C64H43N5. The lowest BCUT2D eigenvalue weighted by molar-refractivity contribution is 0.944. The van der Waals surface area contributed by atoms with Gasteiger partial charge in [0.1, 0.15) is 5.82 Å². The molecule has 0 unspecified atom stereocenters. The number of benzene rings is 8. The van der Waals surface area contributed by atoms with Crippen molar-refractivity contribution in [1.82, 2.24) is 23.7 Å². The Bertz CT molecular complexity index is 4010. The number of aryl methyl sites for hydroxylation is 1. The van der Waals surface area contributed by atoms with Gasteiger partial charge in [0.15, 0.2) is 5.82 Å². The van der Waals surface area contributed by atoms with Crippen molar-refractivity contribution in [3.63, 3.8) is 0 Å². The van der Waals surface area contributed by atoms with Crippen molar-refractivity contribution in [2.24, 2.45) is 0 Å². The van der Waals surface area contributed by atoms with E-state index in [0.717, 1.165) is 103 Å². The van der Waals surface area contributed by atoms with Crippen LogP contribution in [0, 0.1) is 0 Å². The molecule has 8 aromatic carbocycles. The molecule has 5 nitrogen and oxygen atoms in total. The van der Waals surface area contributed by atoms with Crippen molar-refractivity contribution >= 4 is 60.6 Å². The van der Waals surface area contributed by atoms with Crippen LogP contribution < -0.4 is 0 Å². The Balaban J connectivity index is 1.28. The number of allylic oxidation sites excluding steroid dienone is 1. The molecule has 1 aliphatic carbocycles. The van der Waals surface area contributed by atoms with Crippen LogP contribution in [0.25, 0.3) is 123 Å². The van der Waals surface area contributed by atoms with E-state index in [4.69, 9.17) is 9.97 Å². The maximum absolute atomic E-state index is 6.26. The minimum absolute atomic E-state index is 0.834. The van der Waals surface area contributed by atoms with Crippen molar-refractivity contribution in [3.8, 4) is 62.1 Å². The largest absolute Gasteiger partial charge is 0.306 e. The van der Waals surface area contributed by atoms with Crippen molar-refractivity contribution in [1.29, 1.82) is 0 Å². The highest BCUT2D eigenvalue weighted by atomic mass is 15.2. The molecule has 0 aliphatic heterocycles. The lowest BCUT2D eigenvalue weighted by atomic mass is 9.91. The summed E-state index contributed by atoms with van der Waals surface area (Å²) >= 11 is 0. The predicted molar refractivity (Wildman–Crippen MR) is 287 cm³/mol. The van der Waals surface area contributed by atoms with Crippen LogP contribution in [-0.2, 0) is 6.42 Å². The normalized spacial score (nSPS) is 12.5. The molecule has 0 atom stereocenters. The van der Waals surface area contributed by atoms with Crippen molar-refractivity contribution < 1.29 is 0 Å². The van der Waals surface area contributed by atoms with E-state index in [1.54, 1.807) is 0 Å². The monoisotopic (exact) mass is 881 g/mol. The van der Waals surface area contributed by atoms with Gasteiger partial charge in [-0.3, -0.25) is 9.13 Å². The molecule has 0 saturated heterocycles. The van der Waals surface area contributed by atoms with Crippen LogP contribution in [-0.4, -0.2) is 23.7 Å². The summed E-state index contributed by atoms with van der Waals surface area (Å²) in [6.07, 6.45) is 6.62. The first-order valence-electron chi connectivity index (χ1n) is 23.8. The number of fused-ring (bicyclic) bond motifs is 9. The van der Waals surface area contributed by atoms with Crippen LogP contribution in [0.2, 0.25) is 0 Å². The lowest BCUT2D eigenvalue weighted by Gasteiger charge is -2.27. The maximum Gasteiger partial charge on any atom is 0.165 e. The van der Waals surface area contributed by atoms with Crippen LogP contribution >= 0.6 is 0 Å². The van der Waals surface area contributed by atoms with Crippen molar-refractivity contribution in [3.05, 3.63) is 242 Å². The standard InChI is InChI=1S/C64H43N5/c1-4-22-42(23-5-1)52-40-45(41-53(65-52)43-24-6-2-7-25-43)60-61(44-26-8-3-9-27-44)63(68-56-36-18-12-30-48(56)49-31-13-19-37-57(49)68)66-64(69-58-38-20-14-32-50(58)51-33-15-21-39-59(51)69)62(60)67-54-34-16-10-28-46(54)47-29-11-17-35-55(47)67/h1-10,12-28,30-41H,11,29H2. The van der Waals surface area contributed by atoms with Crippen LogP contribution in [0.4, 0.5) is 0 Å².